The van der Waals surface area contributed by atoms with Crippen molar-refractivity contribution in [1.29, 1.82) is 0 Å². The van der Waals surface area contributed by atoms with Crippen LogP contribution in [0.4, 0.5) is 0 Å². The number of nitrogens with zero attached hydrogens (tertiary/aromatic N) is 3. The van der Waals surface area contributed by atoms with Gasteiger partial charge in [-0.15, -0.1) is 0 Å². The summed E-state index contributed by atoms with van der Waals surface area (Å²) in [6, 6.07) is 46.5. The zero-order valence-corrected chi connectivity index (χ0v) is 61.5. The third-order valence-corrected chi connectivity index (χ3v) is 18.8. The Bertz CT molecular complexity index is 3640. The molecule has 0 atom stereocenters. The largest absolute Gasteiger partial charge is 0.496 e. The van der Waals surface area contributed by atoms with Crippen LogP contribution in [0.1, 0.15) is 242 Å². The van der Waals surface area contributed by atoms with Crippen LogP contribution in [0.25, 0.3) is 0 Å². The average Bonchev–Trinajstić information content (AvgIpc) is 0.774. The Morgan fingerprint density at radius 2 is 0.417 bits per heavy atom. The van der Waals surface area contributed by atoms with Crippen LogP contribution in [0, 0.1) is 0 Å². The maximum Gasteiger partial charge on any atom is 0.130 e. The van der Waals surface area contributed by atoms with Crippen LogP contribution in [0.3, 0.4) is 0 Å². The van der Waals surface area contributed by atoms with Gasteiger partial charge in [0.1, 0.15) is 54.3 Å². The van der Waals surface area contributed by atoms with Crippen LogP contribution in [-0.4, -0.2) is 36.3 Å². The topological polar surface area (TPSA) is 94.1 Å². The summed E-state index contributed by atoms with van der Waals surface area (Å²) in [6.45, 7) is 42.3. The third-order valence-electron chi connectivity index (χ3n) is 18.8. The summed E-state index contributed by atoms with van der Waals surface area (Å²) in [5, 5.41) is 0. The van der Waals surface area contributed by atoms with E-state index < -0.39 is 0 Å². The van der Waals surface area contributed by atoms with Gasteiger partial charge in [0.2, 0.25) is 0 Å². The first-order valence-electron chi connectivity index (χ1n) is 34.4. The van der Waals surface area contributed by atoms with Crippen molar-refractivity contribution >= 4 is 0 Å². The molecule has 1 aliphatic carbocycles. The quantitative estimate of drug-likeness (QED) is 0.119. The number of aromatic nitrogens is 3. The molecule has 0 aliphatic heterocycles. The lowest BCUT2D eigenvalue weighted by molar-refractivity contribution is 0.295. The molecule has 9 heteroatoms. The van der Waals surface area contributed by atoms with Crippen LogP contribution in [0.2, 0.25) is 0 Å². The number of hydrogen-bond acceptors (Lipinski definition) is 9. The van der Waals surface area contributed by atoms with Crippen molar-refractivity contribution in [2.45, 2.75) is 215 Å². The molecule has 9 aromatic rings. The Labute approximate surface area is 574 Å². The second-order valence-electron chi connectivity index (χ2n) is 32.7. The van der Waals surface area contributed by atoms with E-state index in [1.54, 1.807) is 0 Å². The van der Waals surface area contributed by atoms with Crippen molar-refractivity contribution in [3.05, 3.63) is 263 Å². The van der Waals surface area contributed by atoms with Crippen LogP contribution >= 0.6 is 0 Å². The van der Waals surface area contributed by atoms with Crippen LogP contribution in [-0.2, 0) is 90.8 Å². The fourth-order valence-corrected chi connectivity index (χ4v) is 13.2. The van der Waals surface area contributed by atoms with E-state index in [0.29, 0.717) is 38.5 Å². The molecular weight excluding hydrogens is 1180 g/mol. The van der Waals surface area contributed by atoms with E-state index in [1.165, 1.54) is 33.4 Å². The Morgan fingerprint density at radius 1 is 0.250 bits per heavy atom. The Balaban J connectivity index is 1.34. The Hall–Kier alpha value is -8.43. The van der Waals surface area contributed by atoms with E-state index in [1.807, 2.05) is 94.5 Å². The van der Waals surface area contributed by atoms with E-state index in [2.05, 4.69) is 197 Å². The summed E-state index contributed by atoms with van der Waals surface area (Å²) in [7, 11) is 5.48. The first kappa shape index (κ1) is 70.4. The van der Waals surface area contributed by atoms with Gasteiger partial charge in [-0.05, 0) is 169 Å². The molecule has 504 valence electrons. The zero-order valence-electron chi connectivity index (χ0n) is 61.5. The van der Waals surface area contributed by atoms with E-state index in [4.69, 9.17) is 43.4 Å². The van der Waals surface area contributed by atoms with Gasteiger partial charge in [0, 0.05) is 57.1 Å². The minimum Gasteiger partial charge on any atom is -0.496 e. The summed E-state index contributed by atoms with van der Waals surface area (Å²) in [5.41, 5.74) is 21.1. The molecule has 3 aromatic heterocycles. The SMILES string of the molecule is COc1c2cc(C(C)(C)C)cc1Cc1cc(C(C)(C)C)cc(c1OCc1ccccn1)Cc1cc(C(C)(C)C)cc(c1OC)Cc1cc(C(C)(C)C)cc(c1OCc1ccccn1)Cc1cc(C(C)(C)C)cc(c1OC)Cc1cc(C(C)(C)C)cc(c1OCc1ccccn1)C2. The Kier molecular flexibility index (Phi) is 20.5. The third kappa shape index (κ3) is 16.5. The fourth-order valence-electron chi connectivity index (χ4n) is 13.2. The molecule has 6 aromatic carbocycles. The number of benzene rings is 6. The minimum atomic E-state index is -0.238. The number of rotatable bonds is 12. The second-order valence-corrected chi connectivity index (χ2v) is 32.7. The van der Waals surface area contributed by atoms with Gasteiger partial charge in [-0.2, -0.15) is 0 Å². The molecule has 9 nitrogen and oxygen atoms in total. The lowest BCUT2D eigenvalue weighted by Gasteiger charge is -2.29. The number of hydrogen-bond donors (Lipinski definition) is 0. The van der Waals surface area contributed by atoms with Crippen LogP contribution in [0.5, 0.6) is 34.5 Å². The molecule has 0 saturated heterocycles. The number of methoxy groups -OCH3 is 3. The van der Waals surface area contributed by atoms with Gasteiger partial charge in [-0.1, -0.05) is 216 Å². The van der Waals surface area contributed by atoms with Gasteiger partial charge in [-0.25, -0.2) is 0 Å². The molecule has 0 fully saturated rings. The molecule has 0 unspecified atom stereocenters. The summed E-state index contributed by atoms with van der Waals surface area (Å²) >= 11 is 0. The predicted molar refractivity (Wildman–Crippen MR) is 393 cm³/mol. The number of ether oxygens (including phenoxy) is 6. The molecule has 0 N–H and O–H groups in total. The van der Waals surface area contributed by atoms with Crippen molar-refractivity contribution < 1.29 is 28.4 Å². The predicted octanol–water partition coefficient (Wildman–Crippen LogP) is 20.3. The maximum atomic E-state index is 7.34. The lowest BCUT2D eigenvalue weighted by Crippen LogP contribution is -2.17. The molecule has 10 rings (SSSR count). The highest BCUT2D eigenvalue weighted by Crippen LogP contribution is 2.47. The summed E-state index contributed by atoms with van der Waals surface area (Å²) in [6.07, 6.45) is 8.65. The van der Waals surface area contributed by atoms with Gasteiger partial charge in [-0.3, -0.25) is 15.0 Å². The number of fused-ring (bicyclic) bond motifs is 12. The Morgan fingerprint density at radius 3 is 0.552 bits per heavy atom. The van der Waals surface area contributed by atoms with Crippen molar-refractivity contribution in [2.24, 2.45) is 0 Å². The summed E-state index contributed by atoms with van der Waals surface area (Å²) in [4.78, 5) is 14.4. The monoisotopic (exact) mass is 1290 g/mol. The molecule has 0 saturated carbocycles. The van der Waals surface area contributed by atoms with Crippen molar-refractivity contribution in [3.63, 3.8) is 0 Å². The van der Waals surface area contributed by atoms with Crippen molar-refractivity contribution in [2.75, 3.05) is 21.3 Å². The molecule has 3 heterocycles. The number of pyridine rings is 3. The fraction of sp³-hybridized carbons (Fsp3) is 0.414. The van der Waals surface area contributed by atoms with Crippen molar-refractivity contribution in [1.82, 2.24) is 15.0 Å². The standard InChI is InChI=1S/C87H105N3O6/c1-82(2,3)67-40-55-34-61-46-70(85(10,11)12)48-63(79(61)94-52-73-28-22-25-31-88-73)36-57-42-68(83(4,5)6)44-59(77(57)92-20)38-65-50-72(87(16,17)18)51-66(81(65)96-54-75-30-24-27-33-90-75)39-60-45-69(84(7,8)9)43-58(78(60)93-21)37-64-49-71(86(13,14)15)47-62(35-56(41-67)76(55)91-19)80(64)95-53-74-29-23-26-32-89-74/h22-33,40-51H,34-39,52-54H2,1-21H3. The maximum absolute atomic E-state index is 7.34. The first-order chi connectivity index (χ1) is 45.2. The van der Waals surface area contributed by atoms with Gasteiger partial charge >= 0.3 is 0 Å². The zero-order chi connectivity index (χ0) is 69.3. The summed E-state index contributed by atoms with van der Waals surface area (Å²) in [5.74, 6) is 4.99. The van der Waals surface area contributed by atoms with Crippen LogP contribution < -0.4 is 28.4 Å². The first-order valence-corrected chi connectivity index (χ1v) is 34.4. The van der Waals surface area contributed by atoms with Gasteiger partial charge in [0.05, 0.1) is 38.4 Å². The second kappa shape index (κ2) is 28.0. The molecule has 96 heavy (non-hydrogen) atoms. The smallest absolute Gasteiger partial charge is 0.130 e. The lowest BCUT2D eigenvalue weighted by atomic mass is 9.79. The molecular formula is C87H105N3O6. The minimum absolute atomic E-state index is 0.231. The molecule has 0 amide bonds. The highest BCUT2D eigenvalue weighted by molar-refractivity contribution is 5.62. The van der Waals surface area contributed by atoms with Crippen LogP contribution in [0.15, 0.2) is 146 Å². The van der Waals surface area contributed by atoms with Gasteiger partial charge in [0.15, 0.2) is 0 Å². The highest BCUT2D eigenvalue weighted by atomic mass is 16.5. The molecule has 0 spiro atoms. The average molecular weight is 1290 g/mol. The van der Waals surface area contributed by atoms with E-state index in [-0.39, 0.29) is 52.3 Å². The highest BCUT2D eigenvalue weighted by Gasteiger charge is 2.32. The van der Waals surface area contributed by atoms with E-state index >= 15 is 0 Å². The van der Waals surface area contributed by atoms with Gasteiger partial charge in [0.25, 0.3) is 0 Å². The van der Waals surface area contributed by atoms with Crippen molar-refractivity contribution in [3.8, 4) is 34.5 Å². The summed E-state index contributed by atoms with van der Waals surface area (Å²) < 4.78 is 42.5. The molecule has 12 bridgehead atoms. The van der Waals surface area contributed by atoms with E-state index in [9.17, 15) is 0 Å². The normalized spacial score (nSPS) is 13.3. The molecule has 1 aliphatic rings. The van der Waals surface area contributed by atoms with E-state index in [0.717, 1.165) is 118 Å². The molecule has 0 radical (unpaired) electrons. The van der Waals surface area contributed by atoms with Gasteiger partial charge < -0.3 is 28.4 Å².